The standard InChI is InChI=1S/C20H31N5OS.HI/c1-7-21-18(23-13-16-14-27-19(24-16)25(5)6)22-12-15-10-8-9-11-17(15)26-20(2,3)4;/h8-11,14H,7,12-13H2,1-6H3,(H2,21,22,23);1H. The minimum atomic E-state index is -0.239. The van der Waals surface area contributed by atoms with Crippen LogP contribution in [0.4, 0.5) is 5.13 Å². The number of benzene rings is 1. The van der Waals surface area contributed by atoms with Gasteiger partial charge < -0.3 is 20.3 Å². The fourth-order valence-electron chi connectivity index (χ4n) is 2.33. The van der Waals surface area contributed by atoms with Gasteiger partial charge in [-0.2, -0.15) is 0 Å². The zero-order valence-corrected chi connectivity index (χ0v) is 20.7. The molecule has 0 aliphatic heterocycles. The summed E-state index contributed by atoms with van der Waals surface area (Å²) in [6.07, 6.45) is 0. The van der Waals surface area contributed by atoms with E-state index in [-0.39, 0.29) is 29.6 Å². The van der Waals surface area contributed by atoms with Crippen molar-refractivity contribution in [3.05, 3.63) is 40.9 Å². The van der Waals surface area contributed by atoms with Crippen molar-refractivity contribution in [2.45, 2.75) is 46.4 Å². The van der Waals surface area contributed by atoms with E-state index in [4.69, 9.17) is 9.73 Å². The summed E-state index contributed by atoms with van der Waals surface area (Å²) < 4.78 is 6.06. The quantitative estimate of drug-likeness (QED) is 0.327. The zero-order valence-electron chi connectivity index (χ0n) is 17.6. The lowest BCUT2D eigenvalue weighted by atomic mass is 10.1. The number of aromatic nitrogens is 1. The fraction of sp³-hybridized carbons (Fsp3) is 0.500. The second-order valence-corrected chi connectivity index (χ2v) is 8.22. The number of halogens is 1. The summed E-state index contributed by atoms with van der Waals surface area (Å²) in [5.41, 5.74) is 1.83. The van der Waals surface area contributed by atoms with Crippen LogP contribution in [0, 0.1) is 0 Å². The molecule has 2 rings (SSSR count). The summed E-state index contributed by atoms with van der Waals surface area (Å²) in [4.78, 5) is 11.3. The van der Waals surface area contributed by atoms with E-state index in [0.29, 0.717) is 13.1 Å². The smallest absolute Gasteiger partial charge is 0.191 e. The van der Waals surface area contributed by atoms with Gasteiger partial charge >= 0.3 is 0 Å². The average molecular weight is 517 g/mol. The van der Waals surface area contributed by atoms with Crippen LogP contribution >= 0.6 is 35.3 Å². The molecule has 2 aromatic rings. The Morgan fingerprint density at radius 2 is 1.93 bits per heavy atom. The van der Waals surface area contributed by atoms with Crippen LogP contribution in [-0.2, 0) is 13.1 Å². The van der Waals surface area contributed by atoms with Gasteiger partial charge in [-0.15, -0.1) is 35.3 Å². The van der Waals surface area contributed by atoms with Gasteiger partial charge in [-0.05, 0) is 33.8 Å². The molecule has 1 aromatic carbocycles. The Labute approximate surface area is 189 Å². The van der Waals surface area contributed by atoms with Gasteiger partial charge in [-0.25, -0.2) is 9.98 Å². The molecular formula is C20H32IN5OS. The summed E-state index contributed by atoms with van der Waals surface area (Å²) in [5, 5.41) is 9.70. The van der Waals surface area contributed by atoms with Crippen LogP contribution < -0.4 is 20.3 Å². The van der Waals surface area contributed by atoms with Gasteiger partial charge in [-0.1, -0.05) is 18.2 Å². The minimum Gasteiger partial charge on any atom is -0.488 e. The van der Waals surface area contributed by atoms with E-state index >= 15 is 0 Å². The minimum absolute atomic E-state index is 0. The van der Waals surface area contributed by atoms with Gasteiger partial charge in [0, 0.05) is 31.6 Å². The largest absolute Gasteiger partial charge is 0.488 e. The molecule has 0 aliphatic rings. The van der Waals surface area contributed by atoms with Gasteiger partial charge in [0.25, 0.3) is 0 Å². The maximum Gasteiger partial charge on any atom is 0.191 e. The molecule has 0 saturated carbocycles. The molecule has 0 unspecified atom stereocenters. The van der Waals surface area contributed by atoms with Gasteiger partial charge in [0.1, 0.15) is 11.4 Å². The van der Waals surface area contributed by atoms with Crippen molar-refractivity contribution in [1.29, 1.82) is 0 Å². The number of hydrogen-bond acceptors (Lipinski definition) is 5. The Hall–Kier alpha value is -1.55. The Morgan fingerprint density at radius 3 is 2.54 bits per heavy atom. The normalized spacial score (nSPS) is 11.6. The molecular weight excluding hydrogens is 485 g/mol. The third-order valence-corrected chi connectivity index (χ3v) is 4.56. The molecule has 1 aromatic heterocycles. The molecule has 0 fully saturated rings. The molecule has 156 valence electrons. The van der Waals surface area contributed by atoms with Crippen LogP contribution in [0.1, 0.15) is 39.0 Å². The molecule has 0 amide bonds. The first-order chi connectivity index (χ1) is 12.8. The second kappa shape index (κ2) is 11.5. The van der Waals surface area contributed by atoms with Crippen molar-refractivity contribution < 1.29 is 4.74 Å². The zero-order chi connectivity index (χ0) is 19.9. The van der Waals surface area contributed by atoms with Gasteiger partial charge in [0.2, 0.25) is 0 Å². The van der Waals surface area contributed by atoms with Crippen molar-refractivity contribution in [3.8, 4) is 5.75 Å². The van der Waals surface area contributed by atoms with E-state index in [2.05, 4.69) is 54.8 Å². The molecule has 28 heavy (non-hydrogen) atoms. The maximum absolute atomic E-state index is 6.06. The van der Waals surface area contributed by atoms with Crippen molar-refractivity contribution in [2.75, 3.05) is 25.5 Å². The second-order valence-electron chi connectivity index (χ2n) is 7.39. The monoisotopic (exact) mass is 517 g/mol. The first-order valence-electron chi connectivity index (χ1n) is 9.19. The van der Waals surface area contributed by atoms with E-state index in [1.165, 1.54) is 0 Å². The number of para-hydroxylation sites is 1. The number of rotatable bonds is 7. The van der Waals surface area contributed by atoms with Gasteiger partial charge in [0.05, 0.1) is 18.8 Å². The number of thiazole rings is 1. The van der Waals surface area contributed by atoms with Crippen LogP contribution in [0.3, 0.4) is 0 Å². The predicted molar refractivity (Wildman–Crippen MR) is 130 cm³/mol. The molecule has 0 saturated heterocycles. The van der Waals surface area contributed by atoms with E-state index in [1.54, 1.807) is 11.3 Å². The highest BCUT2D eigenvalue weighted by Gasteiger charge is 2.14. The Kier molecular flexibility index (Phi) is 10.0. The lowest BCUT2D eigenvalue weighted by Crippen LogP contribution is -2.36. The van der Waals surface area contributed by atoms with Crippen molar-refractivity contribution in [3.63, 3.8) is 0 Å². The molecule has 0 radical (unpaired) electrons. The van der Waals surface area contributed by atoms with Crippen LogP contribution in [0.25, 0.3) is 0 Å². The van der Waals surface area contributed by atoms with Gasteiger partial charge in [-0.3, -0.25) is 0 Å². The summed E-state index contributed by atoms with van der Waals surface area (Å²) in [7, 11) is 4.00. The fourth-order valence-corrected chi connectivity index (χ4v) is 3.09. The molecule has 0 bridgehead atoms. The van der Waals surface area contributed by atoms with Crippen molar-refractivity contribution in [1.82, 2.24) is 15.6 Å². The van der Waals surface area contributed by atoms with Crippen LogP contribution in [0.15, 0.2) is 34.6 Å². The first kappa shape index (κ1) is 24.5. The molecule has 6 nitrogen and oxygen atoms in total. The summed E-state index contributed by atoms with van der Waals surface area (Å²) in [5.74, 6) is 1.64. The van der Waals surface area contributed by atoms with E-state index in [1.807, 2.05) is 37.2 Å². The Morgan fingerprint density at radius 1 is 1.21 bits per heavy atom. The number of nitrogens with zero attached hydrogens (tertiary/aromatic N) is 3. The van der Waals surface area contributed by atoms with E-state index < -0.39 is 0 Å². The molecule has 0 aliphatic carbocycles. The van der Waals surface area contributed by atoms with Gasteiger partial charge in [0.15, 0.2) is 11.1 Å². The average Bonchev–Trinajstić information content (AvgIpc) is 3.06. The van der Waals surface area contributed by atoms with Crippen molar-refractivity contribution in [2.24, 2.45) is 4.99 Å². The highest BCUT2D eigenvalue weighted by atomic mass is 127. The topological polar surface area (TPSA) is 61.8 Å². The highest BCUT2D eigenvalue weighted by molar-refractivity contribution is 14.0. The number of ether oxygens (including phenoxy) is 1. The van der Waals surface area contributed by atoms with Crippen molar-refractivity contribution >= 4 is 46.4 Å². The number of hydrogen-bond donors (Lipinski definition) is 2. The van der Waals surface area contributed by atoms with Crippen LogP contribution in [0.5, 0.6) is 5.75 Å². The lowest BCUT2D eigenvalue weighted by molar-refractivity contribution is 0.129. The number of guanidine groups is 1. The highest BCUT2D eigenvalue weighted by Crippen LogP contribution is 2.23. The number of aliphatic imine (C=N–C) groups is 1. The maximum atomic E-state index is 6.06. The third kappa shape index (κ3) is 8.22. The van der Waals surface area contributed by atoms with Crippen LogP contribution in [0.2, 0.25) is 0 Å². The predicted octanol–water partition coefficient (Wildman–Crippen LogP) is 4.26. The summed E-state index contributed by atoms with van der Waals surface area (Å²) in [6, 6.07) is 8.05. The first-order valence-corrected chi connectivity index (χ1v) is 10.1. The number of nitrogens with one attached hydrogen (secondary N) is 2. The Bertz CT molecular complexity index is 755. The van der Waals surface area contributed by atoms with E-state index in [0.717, 1.165) is 34.6 Å². The van der Waals surface area contributed by atoms with Crippen LogP contribution in [-0.4, -0.2) is 37.2 Å². The summed E-state index contributed by atoms with van der Waals surface area (Å²) >= 11 is 1.64. The number of anilines is 1. The molecule has 0 spiro atoms. The lowest BCUT2D eigenvalue weighted by Gasteiger charge is -2.23. The Balaban J connectivity index is 0.00000392. The molecule has 0 atom stereocenters. The SMILES string of the molecule is CCNC(=NCc1ccccc1OC(C)(C)C)NCc1csc(N(C)C)n1.I. The summed E-state index contributed by atoms with van der Waals surface area (Å²) in [6.45, 7) is 10.2. The molecule has 2 N–H and O–H groups in total. The molecule has 8 heteroatoms. The third-order valence-electron chi connectivity index (χ3n) is 3.50. The molecule has 1 heterocycles. The van der Waals surface area contributed by atoms with E-state index in [9.17, 15) is 0 Å².